The molecule has 2 heterocycles. The van der Waals surface area contributed by atoms with Crippen LogP contribution in [0.1, 0.15) is 29.4 Å². The maximum Gasteiger partial charge on any atom is 0.352 e. The molecule has 0 atom stereocenters. The lowest BCUT2D eigenvalue weighted by Crippen LogP contribution is -2.51. The number of carboxylic acids is 1. The normalized spacial score (nSPS) is 16.9. The summed E-state index contributed by atoms with van der Waals surface area (Å²) < 4.78 is 45.7. The number of nitrogens with zero attached hydrogens (tertiary/aromatic N) is 4. The molecule has 1 aliphatic carbocycles. The largest absolute Gasteiger partial charge is 0.477 e. The summed E-state index contributed by atoms with van der Waals surface area (Å²) >= 11 is 5.88. The van der Waals surface area contributed by atoms with Gasteiger partial charge in [-0.3, -0.25) is 4.79 Å². The van der Waals surface area contributed by atoms with E-state index in [2.05, 4.69) is 4.40 Å². The Morgan fingerprint density at radius 1 is 1.11 bits per heavy atom. The standard InChI is InChI=1S/C24H23ClFN5O5S/c25-14-2-1-3-16(10-14)37(35,36)28-24(27)30-8-6-29(7-9-30)20-12-19-17(11-18(20)26)22(32)13-21(23(33)34)31(19)15-4-5-15/h1-3,10-13,15H,4-9H2,(H2,27,28)(H,33,34). The third-order valence-electron chi connectivity index (χ3n) is 6.50. The Kier molecular flexibility index (Phi) is 6.32. The minimum Gasteiger partial charge on any atom is -0.477 e. The zero-order valence-electron chi connectivity index (χ0n) is 19.5. The van der Waals surface area contributed by atoms with Crippen molar-refractivity contribution in [2.45, 2.75) is 23.8 Å². The lowest BCUT2D eigenvalue weighted by molar-refractivity contribution is 0.0684. The highest BCUT2D eigenvalue weighted by atomic mass is 35.5. The van der Waals surface area contributed by atoms with Crippen LogP contribution in [0.3, 0.4) is 0 Å². The first-order valence-electron chi connectivity index (χ1n) is 11.5. The number of aromatic nitrogens is 1. The number of sulfonamides is 1. The lowest BCUT2D eigenvalue weighted by Gasteiger charge is -2.36. The van der Waals surface area contributed by atoms with E-state index in [-0.39, 0.29) is 51.8 Å². The van der Waals surface area contributed by atoms with Crippen LogP contribution >= 0.6 is 11.6 Å². The van der Waals surface area contributed by atoms with Crippen molar-refractivity contribution in [2.75, 3.05) is 31.1 Å². The SMILES string of the molecule is N/C(=N\S(=O)(=O)c1cccc(Cl)c1)N1CCN(c2cc3c(cc2F)c(=O)cc(C(=O)O)n3C2CC2)CC1. The van der Waals surface area contributed by atoms with Crippen LogP contribution in [0, 0.1) is 5.82 Å². The molecular formula is C24H23ClFN5O5S. The molecule has 0 bridgehead atoms. The number of piperazine rings is 1. The summed E-state index contributed by atoms with van der Waals surface area (Å²) in [5.41, 5.74) is 5.93. The van der Waals surface area contributed by atoms with Gasteiger partial charge in [0.1, 0.15) is 11.5 Å². The summed E-state index contributed by atoms with van der Waals surface area (Å²) in [6.07, 6.45) is 1.56. The van der Waals surface area contributed by atoms with Crippen molar-refractivity contribution in [3.63, 3.8) is 0 Å². The zero-order chi connectivity index (χ0) is 26.5. The Labute approximate surface area is 216 Å². The highest BCUT2D eigenvalue weighted by Crippen LogP contribution is 2.39. The Hall–Kier alpha value is -3.64. The second-order valence-corrected chi connectivity index (χ2v) is 11.0. The maximum absolute atomic E-state index is 15.1. The second-order valence-electron chi connectivity index (χ2n) is 8.98. The average Bonchev–Trinajstić information content (AvgIpc) is 3.69. The van der Waals surface area contributed by atoms with Gasteiger partial charge in [-0.05, 0) is 43.2 Å². The number of fused-ring (bicyclic) bond motifs is 1. The van der Waals surface area contributed by atoms with Gasteiger partial charge in [0.15, 0.2) is 5.43 Å². The van der Waals surface area contributed by atoms with Crippen molar-refractivity contribution in [3.05, 3.63) is 69.2 Å². The highest BCUT2D eigenvalue weighted by molar-refractivity contribution is 7.90. The monoisotopic (exact) mass is 547 g/mol. The minimum atomic E-state index is -4.07. The topological polar surface area (TPSA) is 138 Å². The molecular weight excluding hydrogens is 525 g/mol. The zero-order valence-corrected chi connectivity index (χ0v) is 21.0. The molecule has 3 aromatic rings. The van der Waals surface area contributed by atoms with Gasteiger partial charge in [0.25, 0.3) is 10.0 Å². The predicted octanol–water partition coefficient (Wildman–Crippen LogP) is 2.65. The molecule has 1 aliphatic heterocycles. The summed E-state index contributed by atoms with van der Waals surface area (Å²) in [4.78, 5) is 27.6. The van der Waals surface area contributed by atoms with Crippen LogP contribution < -0.4 is 16.1 Å². The van der Waals surface area contributed by atoms with Crippen molar-refractivity contribution in [1.29, 1.82) is 0 Å². The average molecular weight is 548 g/mol. The van der Waals surface area contributed by atoms with Crippen molar-refractivity contribution < 1.29 is 22.7 Å². The molecule has 5 rings (SSSR count). The van der Waals surface area contributed by atoms with Crippen LogP contribution in [0.5, 0.6) is 0 Å². The summed E-state index contributed by atoms with van der Waals surface area (Å²) in [7, 11) is -4.07. The smallest absolute Gasteiger partial charge is 0.352 e. The molecule has 0 radical (unpaired) electrons. The molecule has 3 N–H and O–H groups in total. The number of carbonyl (C=O) groups is 1. The maximum atomic E-state index is 15.1. The van der Waals surface area contributed by atoms with Gasteiger partial charge in [-0.1, -0.05) is 17.7 Å². The van der Waals surface area contributed by atoms with Crippen LogP contribution in [0.2, 0.25) is 5.02 Å². The van der Waals surface area contributed by atoms with Crippen LogP contribution in [0.4, 0.5) is 10.1 Å². The van der Waals surface area contributed by atoms with E-state index < -0.39 is 27.2 Å². The van der Waals surface area contributed by atoms with E-state index in [4.69, 9.17) is 17.3 Å². The molecule has 0 amide bonds. The van der Waals surface area contributed by atoms with Gasteiger partial charge in [-0.25, -0.2) is 9.18 Å². The third-order valence-corrected chi connectivity index (χ3v) is 8.01. The van der Waals surface area contributed by atoms with Gasteiger partial charge in [-0.15, -0.1) is 4.40 Å². The van der Waals surface area contributed by atoms with E-state index >= 15 is 4.39 Å². The number of nitrogens with two attached hydrogens (primary N) is 1. The number of rotatable bonds is 5. The summed E-state index contributed by atoms with van der Waals surface area (Å²) in [6.45, 7) is 1.12. The minimum absolute atomic E-state index is 0.0539. The van der Waals surface area contributed by atoms with Crippen LogP contribution in [-0.2, 0) is 10.0 Å². The lowest BCUT2D eigenvalue weighted by atomic mass is 10.1. The van der Waals surface area contributed by atoms with Crippen LogP contribution in [0.25, 0.3) is 10.9 Å². The predicted molar refractivity (Wildman–Crippen MR) is 137 cm³/mol. The first kappa shape index (κ1) is 25.0. The van der Waals surface area contributed by atoms with E-state index in [1.165, 1.54) is 24.3 Å². The molecule has 0 unspecified atom stereocenters. The molecule has 0 spiro atoms. The number of guanidine groups is 1. The molecule has 194 valence electrons. The number of pyridine rings is 1. The fourth-order valence-corrected chi connectivity index (χ4v) is 5.77. The van der Waals surface area contributed by atoms with Crippen molar-refractivity contribution >= 4 is 50.1 Å². The first-order chi connectivity index (χ1) is 17.5. The Bertz CT molecular complexity index is 1610. The summed E-state index contributed by atoms with van der Waals surface area (Å²) in [6, 6.07) is 9.36. The fourth-order valence-electron chi connectivity index (χ4n) is 4.52. The number of halogens is 2. The Morgan fingerprint density at radius 3 is 2.43 bits per heavy atom. The van der Waals surface area contributed by atoms with Crippen molar-refractivity contribution in [3.8, 4) is 0 Å². The number of benzene rings is 2. The van der Waals surface area contributed by atoms with Crippen LogP contribution in [-0.4, -0.2) is 61.1 Å². The molecule has 1 saturated heterocycles. The molecule has 2 aromatic carbocycles. The van der Waals surface area contributed by atoms with Gasteiger partial charge >= 0.3 is 5.97 Å². The summed E-state index contributed by atoms with van der Waals surface area (Å²) in [5, 5.41) is 10.0. The second kappa shape index (κ2) is 9.34. The van der Waals surface area contributed by atoms with Crippen molar-refractivity contribution in [2.24, 2.45) is 10.1 Å². The number of anilines is 1. The van der Waals surface area contributed by atoms with E-state index in [1.54, 1.807) is 20.4 Å². The van der Waals surface area contributed by atoms with Gasteiger partial charge in [-0.2, -0.15) is 8.42 Å². The van der Waals surface area contributed by atoms with E-state index in [0.717, 1.165) is 25.0 Å². The van der Waals surface area contributed by atoms with E-state index in [9.17, 15) is 23.1 Å². The molecule has 2 aliphatic rings. The van der Waals surface area contributed by atoms with Crippen molar-refractivity contribution in [1.82, 2.24) is 9.47 Å². The molecule has 2 fully saturated rings. The Morgan fingerprint density at radius 2 is 1.81 bits per heavy atom. The van der Waals surface area contributed by atoms with Crippen LogP contribution in [0.15, 0.2) is 56.6 Å². The quantitative estimate of drug-likeness (QED) is 0.367. The molecule has 1 aromatic heterocycles. The number of hydrogen-bond acceptors (Lipinski definition) is 5. The van der Waals surface area contributed by atoms with Gasteiger partial charge < -0.3 is 25.2 Å². The Balaban J connectivity index is 1.41. The first-order valence-corrected chi connectivity index (χ1v) is 13.3. The van der Waals surface area contributed by atoms with Gasteiger partial charge in [0.05, 0.1) is 16.1 Å². The molecule has 37 heavy (non-hydrogen) atoms. The number of aromatic carboxylic acids is 1. The number of carboxylic acid groups (broad SMARTS) is 1. The van der Waals surface area contributed by atoms with E-state index in [0.29, 0.717) is 18.6 Å². The third kappa shape index (κ3) is 4.86. The van der Waals surface area contributed by atoms with E-state index in [1.807, 2.05) is 0 Å². The molecule has 10 nitrogen and oxygen atoms in total. The van der Waals surface area contributed by atoms with Gasteiger partial charge in [0, 0.05) is 48.7 Å². The highest BCUT2D eigenvalue weighted by Gasteiger charge is 2.30. The molecule has 1 saturated carbocycles. The summed E-state index contributed by atoms with van der Waals surface area (Å²) in [5.74, 6) is -2.01. The fraction of sp³-hybridized carbons (Fsp3) is 0.292. The number of hydrogen-bond donors (Lipinski definition) is 2. The molecule has 13 heteroatoms. The van der Waals surface area contributed by atoms with Gasteiger partial charge in [0.2, 0.25) is 5.96 Å².